The number of rotatable bonds is 4. The largest absolute Gasteiger partial charge is 0.368 e. The van der Waals surface area contributed by atoms with Crippen LogP contribution in [0.3, 0.4) is 0 Å². The lowest BCUT2D eigenvalue weighted by Gasteiger charge is -2.37. The Labute approximate surface area is 174 Å². The number of aromatic nitrogens is 1. The van der Waals surface area contributed by atoms with Gasteiger partial charge >= 0.3 is 0 Å². The Morgan fingerprint density at radius 2 is 1.83 bits per heavy atom. The number of likely N-dealkylation sites (tertiary alicyclic amines) is 1. The molecule has 2 fully saturated rings. The lowest BCUT2D eigenvalue weighted by Crippen LogP contribution is -2.47. The minimum atomic E-state index is 0.165. The van der Waals surface area contributed by atoms with Gasteiger partial charge in [0.25, 0.3) is 5.91 Å². The Balaban J connectivity index is 1.43. The molecule has 2 aliphatic rings. The van der Waals surface area contributed by atoms with E-state index in [4.69, 9.17) is 0 Å². The molecule has 0 spiro atoms. The molecule has 0 radical (unpaired) electrons. The average molecular weight is 393 g/mol. The van der Waals surface area contributed by atoms with Crippen molar-refractivity contribution in [1.29, 1.82) is 0 Å². The molecule has 5 heteroatoms. The summed E-state index contributed by atoms with van der Waals surface area (Å²) in [6.07, 6.45) is 6.29. The van der Waals surface area contributed by atoms with Crippen LogP contribution < -0.4 is 9.80 Å². The van der Waals surface area contributed by atoms with E-state index < -0.39 is 0 Å². The number of piperidine rings is 1. The minimum absolute atomic E-state index is 0.165. The second kappa shape index (κ2) is 8.85. The Kier molecular flexibility index (Phi) is 6.02. The van der Waals surface area contributed by atoms with Crippen LogP contribution in [0.1, 0.15) is 48.5 Å². The summed E-state index contributed by atoms with van der Waals surface area (Å²) in [5.74, 6) is 1.09. The normalized spacial score (nSPS) is 20.1. The first-order valence-electron chi connectivity index (χ1n) is 11.0. The molecule has 29 heavy (non-hydrogen) atoms. The average Bonchev–Trinajstić information content (AvgIpc) is 2.79. The lowest BCUT2D eigenvalue weighted by atomic mass is 9.99. The zero-order valence-electron chi connectivity index (χ0n) is 17.7. The van der Waals surface area contributed by atoms with Gasteiger partial charge in [-0.15, -0.1) is 0 Å². The molecule has 3 heterocycles. The molecule has 4 rings (SSSR count). The molecule has 2 aromatic rings. The lowest BCUT2D eigenvalue weighted by molar-refractivity contribution is 0.0608. The number of benzene rings is 1. The number of piperazine rings is 1. The fourth-order valence-corrected chi connectivity index (χ4v) is 4.60. The van der Waals surface area contributed by atoms with Gasteiger partial charge in [-0.1, -0.05) is 19.1 Å². The third-order valence-corrected chi connectivity index (χ3v) is 6.32. The monoisotopic (exact) mass is 392 g/mol. The summed E-state index contributed by atoms with van der Waals surface area (Å²) < 4.78 is 0. The number of nitrogens with zero attached hydrogens (tertiary/aromatic N) is 4. The van der Waals surface area contributed by atoms with Crippen LogP contribution in [0, 0.1) is 6.92 Å². The number of carbonyl (C=O) groups excluding carboxylic acids is 1. The molecule has 154 valence electrons. The van der Waals surface area contributed by atoms with E-state index in [2.05, 4.69) is 57.8 Å². The van der Waals surface area contributed by atoms with E-state index in [-0.39, 0.29) is 5.91 Å². The van der Waals surface area contributed by atoms with Crippen molar-refractivity contribution in [3.8, 4) is 0 Å². The highest BCUT2D eigenvalue weighted by Gasteiger charge is 2.27. The number of amides is 1. The number of pyridine rings is 1. The summed E-state index contributed by atoms with van der Waals surface area (Å²) in [6, 6.07) is 12.9. The Hall–Kier alpha value is -2.56. The molecule has 1 aromatic heterocycles. The molecule has 0 aliphatic carbocycles. The molecule has 5 nitrogen and oxygen atoms in total. The summed E-state index contributed by atoms with van der Waals surface area (Å²) in [4.78, 5) is 24.5. The van der Waals surface area contributed by atoms with Gasteiger partial charge < -0.3 is 14.7 Å². The number of hydrogen-bond donors (Lipinski definition) is 0. The standard InChI is InChI=1S/C24H32N4O/c1-3-21-8-4-5-12-28(21)24(29)20-10-11-25-23(18-20)27-15-13-26(14-16-27)22-9-6-7-19(2)17-22/h6-7,9-11,17-18,21H,3-5,8,12-16H2,1-2H3. The highest BCUT2D eigenvalue weighted by molar-refractivity contribution is 5.95. The molecule has 2 saturated heterocycles. The van der Waals surface area contributed by atoms with Crippen LogP contribution in [0.5, 0.6) is 0 Å². The summed E-state index contributed by atoms with van der Waals surface area (Å²) in [6.45, 7) is 8.96. The number of aryl methyl sites for hydroxylation is 1. The second-order valence-electron chi connectivity index (χ2n) is 8.27. The van der Waals surface area contributed by atoms with Crippen LogP contribution in [0.15, 0.2) is 42.6 Å². The van der Waals surface area contributed by atoms with Crippen LogP contribution in [0.4, 0.5) is 11.5 Å². The minimum Gasteiger partial charge on any atom is -0.368 e. The van der Waals surface area contributed by atoms with Crippen molar-refractivity contribution in [2.24, 2.45) is 0 Å². The summed E-state index contributed by atoms with van der Waals surface area (Å²) >= 11 is 0. The van der Waals surface area contributed by atoms with Crippen molar-refractivity contribution >= 4 is 17.4 Å². The summed E-state index contributed by atoms with van der Waals surface area (Å²) in [7, 11) is 0. The van der Waals surface area contributed by atoms with E-state index in [0.29, 0.717) is 6.04 Å². The van der Waals surface area contributed by atoms with Crippen LogP contribution >= 0.6 is 0 Å². The highest BCUT2D eigenvalue weighted by atomic mass is 16.2. The zero-order valence-corrected chi connectivity index (χ0v) is 17.7. The maximum absolute atomic E-state index is 13.1. The number of carbonyl (C=O) groups is 1. The topological polar surface area (TPSA) is 39.7 Å². The predicted octanol–water partition coefficient (Wildman–Crippen LogP) is 4.12. The van der Waals surface area contributed by atoms with Gasteiger partial charge in [0.1, 0.15) is 5.82 Å². The SMILES string of the molecule is CCC1CCCCN1C(=O)c1ccnc(N2CCN(c3cccc(C)c3)CC2)c1. The molecular formula is C24H32N4O. The fourth-order valence-electron chi connectivity index (χ4n) is 4.60. The molecule has 2 aliphatic heterocycles. The predicted molar refractivity (Wildman–Crippen MR) is 119 cm³/mol. The van der Waals surface area contributed by atoms with Crippen LogP contribution in [0.25, 0.3) is 0 Å². The maximum Gasteiger partial charge on any atom is 0.254 e. The summed E-state index contributed by atoms with van der Waals surface area (Å²) in [5, 5.41) is 0. The second-order valence-corrected chi connectivity index (χ2v) is 8.27. The first-order valence-corrected chi connectivity index (χ1v) is 11.0. The molecule has 1 aromatic carbocycles. The highest BCUT2D eigenvalue weighted by Crippen LogP contribution is 2.24. The molecule has 1 unspecified atom stereocenters. The van der Waals surface area contributed by atoms with Crippen LogP contribution in [-0.2, 0) is 0 Å². The van der Waals surface area contributed by atoms with Gasteiger partial charge in [-0.3, -0.25) is 4.79 Å². The van der Waals surface area contributed by atoms with Gasteiger partial charge in [0.15, 0.2) is 0 Å². The van der Waals surface area contributed by atoms with Gasteiger partial charge in [-0.25, -0.2) is 4.98 Å². The smallest absolute Gasteiger partial charge is 0.254 e. The number of anilines is 2. The summed E-state index contributed by atoms with van der Waals surface area (Å²) in [5.41, 5.74) is 3.36. The van der Waals surface area contributed by atoms with Crippen LogP contribution in [-0.4, -0.2) is 54.6 Å². The molecule has 1 amide bonds. The molecule has 1 atom stereocenters. The third kappa shape index (κ3) is 4.39. The van der Waals surface area contributed by atoms with Crippen molar-refractivity contribution in [1.82, 2.24) is 9.88 Å². The maximum atomic E-state index is 13.1. The van der Waals surface area contributed by atoms with E-state index >= 15 is 0 Å². The van der Waals surface area contributed by atoms with E-state index in [9.17, 15) is 4.79 Å². The van der Waals surface area contributed by atoms with Crippen molar-refractivity contribution in [3.63, 3.8) is 0 Å². The Bertz CT molecular complexity index is 844. The van der Waals surface area contributed by atoms with E-state index in [0.717, 1.165) is 63.4 Å². The van der Waals surface area contributed by atoms with Gasteiger partial charge in [0, 0.05) is 56.2 Å². The van der Waals surface area contributed by atoms with Gasteiger partial charge in [0.2, 0.25) is 0 Å². The van der Waals surface area contributed by atoms with Crippen LogP contribution in [0.2, 0.25) is 0 Å². The van der Waals surface area contributed by atoms with E-state index in [1.165, 1.54) is 17.7 Å². The van der Waals surface area contributed by atoms with Crippen molar-refractivity contribution in [3.05, 3.63) is 53.7 Å². The van der Waals surface area contributed by atoms with Crippen molar-refractivity contribution in [2.75, 3.05) is 42.5 Å². The number of hydrogen-bond acceptors (Lipinski definition) is 4. The zero-order chi connectivity index (χ0) is 20.2. The third-order valence-electron chi connectivity index (χ3n) is 6.32. The molecule has 0 N–H and O–H groups in total. The molecule has 0 saturated carbocycles. The first kappa shape index (κ1) is 19.7. The quantitative estimate of drug-likeness (QED) is 0.785. The first-order chi connectivity index (χ1) is 14.2. The fraction of sp³-hybridized carbons (Fsp3) is 0.500. The van der Waals surface area contributed by atoms with Crippen molar-refractivity contribution in [2.45, 2.75) is 45.6 Å². The van der Waals surface area contributed by atoms with Gasteiger partial charge in [0.05, 0.1) is 0 Å². The molecular weight excluding hydrogens is 360 g/mol. The van der Waals surface area contributed by atoms with Gasteiger partial charge in [-0.2, -0.15) is 0 Å². The van der Waals surface area contributed by atoms with Gasteiger partial charge in [-0.05, 0) is 62.4 Å². The Morgan fingerprint density at radius 3 is 2.59 bits per heavy atom. The molecule has 0 bridgehead atoms. The van der Waals surface area contributed by atoms with Crippen molar-refractivity contribution < 1.29 is 4.79 Å². The Morgan fingerprint density at radius 1 is 1.03 bits per heavy atom. The van der Waals surface area contributed by atoms with E-state index in [1.807, 2.05) is 12.1 Å². The van der Waals surface area contributed by atoms with E-state index in [1.54, 1.807) is 6.20 Å².